The lowest BCUT2D eigenvalue weighted by Crippen LogP contribution is -2.12. The van der Waals surface area contributed by atoms with Gasteiger partial charge in [-0.05, 0) is 61.1 Å². The van der Waals surface area contributed by atoms with E-state index in [0.29, 0.717) is 6.42 Å². The highest BCUT2D eigenvalue weighted by atomic mass is 16.5. The fraction of sp³-hybridized carbons (Fsp3) is 0.381. The van der Waals surface area contributed by atoms with Gasteiger partial charge >= 0.3 is 0 Å². The van der Waals surface area contributed by atoms with Gasteiger partial charge in [0.1, 0.15) is 5.75 Å². The molecule has 0 spiro atoms. The molecule has 0 aliphatic heterocycles. The predicted octanol–water partition coefficient (Wildman–Crippen LogP) is 4.24. The second-order valence-corrected chi connectivity index (χ2v) is 6.26. The first-order chi connectivity index (χ1) is 12.1. The molecule has 0 saturated heterocycles. The molecule has 0 atom stereocenters. The summed E-state index contributed by atoms with van der Waals surface area (Å²) in [6, 6.07) is 13.7. The monoisotopic (exact) mass is 341 g/mol. The number of unbranched alkanes of at least 4 members (excludes halogenated alkanes) is 2. The van der Waals surface area contributed by atoms with E-state index in [4.69, 9.17) is 4.74 Å². The summed E-state index contributed by atoms with van der Waals surface area (Å²) in [6.07, 6.45) is 4.50. The molecule has 2 aromatic carbocycles. The molecule has 0 unspecified atom stereocenters. The zero-order chi connectivity index (χ0) is 18.1. The molecular formula is C21H27NO3. The highest BCUT2D eigenvalue weighted by Crippen LogP contribution is 2.18. The van der Waals surface area contributed by atoms with E-state index in [2.05, 4.69) is 17.4 Å². The zero-order valence-electron chi connectivity index (χ0n) is 15.0. The Kier molecular flexibility index (Phi) is 7.48. The van der Waals surface area contributed by atoms with Gasteiger partial charge < -0.3 is 15.2 Å². The number of carbonyl (C=O) groups excluding carboxylic acids is 1. The highest BCUT2D eigenvalue weighted by Gasteiger charge is 2.06. The molecule has 0 aliphatic rings. The van der Waals surface area contributed by atoms with Crippen molar-refractivity contribution < 1.29 is 14.6 Å². The van der Waals surface area contributed by atoms with Gasteiger partial charge in [0.25, 0.3) is 0 Å². The molecule has 0 aromatic heterocycles. The summed E-state index contributed by atoms with van der Waals surface area (Å²) in [6.45, 7) is 1.93. The summed E-state index contributed by atoms with van der Waals surface area (Å²) >= 11 is 0. The highest BCUT2D eigenvalue weighted by molar-refractivity contribution is 5.91. The fourth-order valence-corrected chi connectivity index (χ4v) is 2.70. The molecule has 0 heterocycles. The molecule has 0 saturated carbocycles. The summed E-state index contributed by atoms with van der Waals surface area (Å²) in [4.78, 5) is 12.1. The van der Waals surface area contributed by atoms with Crippen LogP contribution in [0.5, 0.6) is 5.75 Å². The van der Waals surface area contributed by atoms with Crippen molar-refractivity contribution >= 4 is 11.6 Å². The van der Waals surface area contributed by atoms with Crippen molar-refractivity contribution in [1.82, 2.24) is 0 Å². The maximum absolute atomic E-state index is 12.1. The molecule has 0 fully saturated rings. The van der Waals surface area contributed by atoms with Crippen molar-refractivity contribution in [1.29, 1.82) is 0 Å². The van der Waals surface area contributed by atoms with Gasteiger partial charge in [-0.3, -0.25) is 4.79 Å². The average molecular weight is 341 g/mol. The predicted molar refractivity (Wildman–Crippen MR) is 101 cm³/mol. The topological polar surface area (TPSA) is 58.6 Å². The van der Waals surface area contributed by atoms with E-state index in [1.165, 1.54) is 5.56 Å². The number of amides is 1. The Balaban J connectivity index is 1.68. The van der Waals surface area contributed by atoms with Crippen LogP contribution in [0, 0.1) is 6.92 Å². The van der Waals surface area contributed by atoms with E-state index in [1.54, 1.807) is 7.11 Å². The molecule has 4 nitrogen and oxygen atoms in total. The van der Waals surface area contributed by atoms with E-state index in [9.17, 15) is 9.90 Å². The minimum Gasteiger partial charge on any atom is -0.497 e. The van der Waals surface area contributed by atoms with E-state index < -0.39 is 0 Å². The van der Waals surface area contributed by atoms with Crippen LogP contribution in [0.15, 0.2) is 42.5 Å². The van der Waals surface area contributed by atoms with Gasteiger partial charge in [0, 0.05) is 12.1 Å². The van der Waals surface area contributed by atoms with E-state index in [1.807, 2.05) is 37.3 Å². The summed E-state index contributed by atoms with van der Waals surface area (Å²) < 4.78 is 5.15. The molecule has 134 valence electrons. The fourth-order valence-electron chi connectivity index (χ4n) is 2.70. The number of hydrogen-bond donors (Lipinski definition) is 2. The number of aliphatic hydroxyl groups is 1. The molecular weight excluding hydrogens is 314 g/mol. The van der Waals surface area contributed by atoms with Gasteiger partial charge in [0.15, 0.2) is 0 Å². The number of aliphatic hydroxyl groups excluding tert-OH is 1. The molecule has 0 aliphatic carbocycles. The number of ether oxygens (including phenoxy) is 1. The second-order valence-electron chi connectivity index (χ2n) is 6.26. The van der Waals surface area contributed by atoms with Crippen LogP contribution >= 0.6 is 0 Å². The Labute approximate surface area is 149 Å². The summed E-state index contributed by atoms with van der Waals surface area (Å²) in [5, 5.41) is 12.1. The normalized spacial score (nSPS) is 10.5. The van der Waals surface area contributed by atoms with Crippen LogP contribution in [-0.4, -0.2) is 18.1 Å². The molecule has 2 N–H and O–H groups in total. The number of carbonyl (C=O) groups is 1. The molecule has 25 heavy (non-hydrogen) atoms. The average Bonchev–Trinajstić information content (AvgIpc) is 2.63. The number of benzene rings is 2. The van der Waals surface area contributed by atoms with E-state index >= 15 is 0 Å². The quantitative estimate of drug-likeness (QED) is 0.671. The first-order valence-electron chi connectivity index (χ1n) is 8.75. The van der Waals surface area contributed by atoms with Crippen molar-refractivity contribution in [3.05, 3.63) is 59.2 Å². The van der Waals surface area contributed by atoms with Crippen LogP contribution in [0.3, 0.4) is 0 Å². The lowest BCUT2D eigenvalue weighted by Gasteiger charge is -2.10. The Hall–Kier alpha value is -2.33. The lowest BCUT2D eigenvalue weighted by molar-refractivity contribution is -0.116. The van der Waals surface area contributed by atoms with Crippen molar-refractivity contribution in [3.8, 4) is 5.75 Å². The lowest BCUT2D eigenvalue weighted by atomic mass is 10.1. The minimum absolute atomic E-state index is 0.0193. The minimum atomic E-state index is -0.0193. The van der Waals surface area contributed by atoms with Gasteiger partial charge in [0.05, 0.1) is 13.7 Å². The third-order valence-corrected chi connectivity index (χ3v) is 4.29. The van der Waals surface area contributed by atoms with Gasteiger partial charge in [-0.25, -0.2) is 0 Å². The van der Waals surface area contributed by atoms with E-state index in [0.717, 1.165) is 48.2 Å². The molecule has 2 rings (SSSR count). The van der Waals surface area contributed by atoms with Crippen molar-refractivity contribution in [2.24, 2.45) is 0 Å². The molecule has 2 aromatic rings. The zero-order valence-corrected chi connectivity index (χ0v) is 15.0. The first-order valence-corrected chi connectivity index (χ1v) is 8.75. The van der Waals surface area contributed by atoms with Crippen molar-refractivity contribution in [2.75, 3.05) is 12.4 Å². The maximum atomic E-state index is 12.1. The summed E-state index contributed by atoms with van der Waals surface area (Å²) in [7, 11) is 1.67. The second kappa shape index (κ2) is 9.84. The Bertz CT molecular complexity index is 680. The number of hydrogen-bond acceptors (Lipinski definition) is 3. The molecule has 0 radical (unpaired) electrons. The van der Waals surface area contributed by atoms with Crippen molar-refractivity contribution in [2.45, 2.75) is 45.6 Å². The standard InChI is InChI=1S/C21H27NO3/c1-16-8-9-18(15-23)14-20(16)22-21(24)7-5-3-4-6-17-10-12-19(25-2)13-11-17/h8-14,23H,3-7,15H2,1-2H3,(H,22,24). The van der Waals surface area contributed by atoms with Crippen LogP contribution < -0.4 is 10.1 Å². The van der Waals surface area contributed by atoms with Gasteiger partial charge in [0.2, 0.25) is 5.91 Å². The molecule has 1 amide bonds. The molecule has 4 heteroatoms. The smallest absolute Gasteiger partial charge is 0.224 e. The van der Waals surface area contributed by atoms with Gasteiger partial charge in [-0.2, -0.15) is 0 Å². The van der Waals surface area contributed by atoms with E-state index in [-0.39, 0.29) is 12.5 Å². The third-order valence-electron chi connectivity index (χ3n) is 4.29. The first kappa shape index (κ1) is 19.0. The Morgan fingerprint density at radius 1 is 1.04 bits per heavy atom. The van der Waals surface area contributed by atoms with Crippen LogP contribution in [0.25, 0.3) is 0 Å². The van der Waals surface area contributed by atoms with Crippen LogP contribution in [0.2, 0.25) is 0 Å². The van der Waals surface area contributed by atoms with Gasteiger partial charge in [-0.1, -0.05) is 30.7 Å². The molecule has 0 bridgehead atoms. The SMILES string of the molecule is COc1ccc(CCCCCC(=O)Nc2cc(CO)ccc2C)cc1. The number of rotatable bonds is 9. The number of aryl methyl sites for hydroxylation is 2. The Morgan fingerprint density at radius 3 is 2.44 bits per heavy atom. The largest absolute Gasteiger partial charge is 0.497 e. The number of methoxy groups -OCH3 is 1. The third kappa shape index (κ3) is 6.24. The summed E-state index contributed by atoms with van der Waals surface area (Å²) in [5.41, 5.74) is 3.89. The van der Waals surface area contributed by atoms with Crippen molar-refractivity contribution in [3.63, 3.8) is 0 Å². The van der Waals surface area contributed by atoms with Crippen LogP contribution in [0.4, 0.5) is 5.69 Å². The number of anilines is 1. The van der Waals surface area contributed by atoms with Crippen LogP contribution in [0.1, 0.15) is 42.4 Å². The van der Waals surface area contributed by atoms with Gasteiger partial charge in [-0.15, -0.1) is 0 Å². The summed E-state index contributed by atoms with van der Waals surface area (Å²) in [5.74, 6) is 0.906. The Morgan fingerprint density at radius 2 is 1.76 bits per heavy atom. The van der Waals surface area contributed by atoms with Crippen LogP contribution in [-0.2, 0) is 17.8 Å². The number of nitrogens with one attached hydrogen (secondary N) is 1. The maximum Gasteiger partial charge on any atom is 0.224 e.